The van der Waals surface area contributed by atoms with Crippen LogP contribution in [-0.4, -0.2) is 34.9 Å². The molecule has 1 aliphatic rings. The zero-order valence-corrected chi connectivity index (χ0v) is 8.16. The minimum absolute atomic E-state index is 0.108. The number of hydrogen-bond donors (Lipinski definition) is 4. The molecule has 1 aromatic heterocycles. The van der Waals surface area contributed by atoms with E-state index in [9.17, 15) is 4.79 Å². The fourth-order valence-corrected chi connectivity index (χ4v) is 1.56. The van der Waals surface area contributed by atoms with Crippen molar-refractivity contribution in [3.63, 3.8) is 0 Å². The highest BCUT2D eigenvalue weighted by Gasteiger charge is 2.22. The van der Waals surface area contributed by atoms with Crippen LogP contribution in [0.1, 0.15) is 6.42 Å². The molecule has 15 heavy (non-hydrogen) atoms. The first kappa shape index (κ1) is 9.78. The lowest BCUT2D eigenvalue weighted by molar-refractivity contribution is 0.290. The van der Waals surface area contributed by atoms with Gasteiger partial charge in [-0.25, -0.2) is 0 Å². The lowest BCUT2D eigenvalue weighted by atomic mass is 10.4. The highest BCUT2D eigenvalue weighted by atomic mass is 16.3. The number of nitrogens with two attached hydrogens (primary N) is 1. The molecule has 0 fully saturated rings. The van der Waals surface area contributed by atoms with Gasteiger partial charge in [-0.1, -0.05) is 0 Å². The number of aromatic nitrogens is 2. The Labute approximate surface area is 85.9 Å². The molecule has 5 N–H and O–H groups in total. The Bertz CT molecular complexity index is 416. The van der Waals surface area contributed by atoms with Gasteiger partial charge in [-0.15, -0.1) is 0 Å². The van der Waals surface area contributed by atoms with E-state index in [1.54, 1.807) is 0 Å². The summed E-state index contributed by atoms with van der Waals surface area (Å²) < 4.78 is 0. The van der Waals surface area contributed by atoms with E-state index in [2.05, 4.69) is 15.3 Å². The Morgan fingerprint density at radius 2 is 2.40 bits per heavy atom. The summed E-state index contributed by atoms with van der Waals surface area (Å²) in [7, 11) is 0. The van der Waals surface area contributed by atoms with E-state index in [-0.39, 0.29) is 18.1 Å². The number of nitrogens with zero attached hydrogens (tertiary/aromatic N) is 2. The van der Waals surface area contributed by atoms with Crippen LogP contribution in [0.25, 0.3) is 0 Å². The number of nitrogens with one attached hydrogen (secondary N) is 2. The molecule has 0 amide bonds. The van der Waals surface area contributed by atoms with Crippen molar-refractivity contribution in [2.45, 2.75) is 6.42 Å². The van der Waals surface area contributed by atoms with E-state index in [0.717, 1.165) is 0 Å². The van der Waals surface area contributed by atoms with Crippen molar-refractivity contribution in [2.24, 2.45) is 0 Å². The second-order valence-corrected chi connectivity index (χ2v) is 3.33. The van der Waals surface area contributed by atoms with E-state index in [4.69, 9.17) is 10.8 Å². The lowest BCUT2D eigenvalue weighted by Crippen LogP contribution is -2.25. The molecule has 2 rings (SSSR count). The Morgan fingerprint density at radius 3 is 3.13 bits per heavy atom. The van der Waals surface area contributed by atoms with E-state index < -0.39 is 0 Å². The van der Waals surface area contributed by atoms with E-state index >= 15 is 0 Å². The summed E-state index contributed by atoms with van der Waals surface area (Å²) in [4.78, 5) is 19.8. The van der Waals surface area contributed by atoms with Gasteiger partial charge in [0.25, 0.3) is 5.56 Å². The lowest BCUT2D eigenvalue weighted by Gasteiger charge is -2.15. The predicted octanol–water partition coefficient (Wildman–Crippen LogP) is -1.08. The van der Waals surface area contributed by atoms with Crippen LogP contribution in [0.3, 0.4) is 0 Å². The van der Waals surface area contributed by atoms with Crippen molar-refractivity contribution in [1.29, 1.82) is 0 Å². The maximum atomic E-state index is 11.4. The van der Waals surface area contributed by atoms with Gasteiger partial charge in [0.2, 0.25) is 5.95 Å². The number of fused-ring (bicyclic) bond motifs is 1. The van der Waals surface area contributed by atoms with Crippen LogP contribution in [0.4, 0.5) is 17.5 Å². The molecule has 0 saturated heterocycles. The standard InChI is InChI=1S/C8H13N5O2/c9-8-11-6-5(7(15)12-8)10-4-13(6)2-1-3-14/h10,14H,1-4H2,(H3,9,11,12,15). The second-order valence-electron chi connectivity index (χ2n) is 3.33. The number of hydrogen-bond acceptors (Lipinski definition) is 6. The smallest absolute Gasteiger partial charge is 0.277 e. The van der Waals surface area contributed by atoms with E-state index in [0.29, 0.717) is 31.1 Å². The third-order valence-electron chi connectivity index (χ3n) is 2.25. The number of H-pyrrole nitrogens is 1. The predicted molar refractivity (Wildman–Crippen MR) is 56.8 cm³/mol. The molecule has 0 spiro atoms. The average Bonchev–Trinajstić information content (AvgIpc) is 2.58. The van der Waals surface area contributed by atoms with Gasteiger partial charge < -0.3 is 21.1 Å². The normalized spacial score (nSPS) is 13.8. The van der Waals surface area contributed by atoms with Gasteiger partial charge in [0.1, 0.15) is 5.69 Å². The highest BCUT2D eigenvalue weighted by molar-refractivity contribution is 5.70. The molecule has 0 radical (unpaired) electrons. The summed E-state index contributed by atoms with van der Waals surface area (Å²) in [5.74, 6) is 0.668. The van der Waals surface area contributed by atoms with Crippen molar-refractivity contribution in [1.82, 2.24) is 9.97 Å². The molecule has 0 aliphatic carbocycles. The number of rotatable bonds is 3. The molecule has 0 aromatic carbocycles. The van der Waals surface area contributed by atoms with Crippen molar-refractivity contribution in [3.05, 3.63) is 10.4 Å². The topological polar surface area (TPSA) is 107 Å². The number of anilines is 3. The van der Waals surface area contributed by atoms with Crippen LogP contribution in [-0.2, 0) is 0 Å². The Balaban J connectivity index is 2.29. The van der Waals surface area contributed by atoms with E-state index in [1.165, 1.54) is 0 Å². The van der Waals surface area contributed by atoms with Crippen LogP contribution < -0.4 is 21.5 Å². The molecular formula is C8H13N5O2. The minimum Gasteiger partial charge on any atom is -0.396 e. The fourth-order valence-electron chi connectivity index (χ4n) is 1.56. The molecule has 82 valence electrons. The van der Waals surface area contributed by atoms with Crippen LogP contribution in [0.2, 0.25) is 0 Å². The Morgan fingerprint density at radius 1 is 1.60 bits per heavy atom. The highest BCUT2D eigenvalue weighted by Crippen LogP contribution is 2.25. The number of nitrogen functional groups attached to an aromatic ring is 1. The van der Waals surface area contributed by atoms with Gasteiger partial charge in [0.05, 0.1) is 6.67 Å². The van der Waals surface area contributed by atoms with E-state index in [1.807, 2.05) is 4.90 Å². The third-order valence-corrected chi connectivity index (χ3v) is 2.25. The van der Waals surface area contributed by atoms with Gasteiger partial charge in [0.15, 0.2) is 5.82 Å². The van der Waals surface area contributed by atoms with Gasteiger partial charge in [-0.3, -0.25) is 9.78 Å². The zero-order valence-electron chi connectivity index (χ0n) is 8.16. The maximum Gasteiger partial charge on any atom is 0.277 e. The van der Waals surface area contributed by atoms with Gasteiger partial charge >= 0.3 is 0 Å². The second kappa shape index (κ2) is 3.77. The molecule has 0 bridgehead atoms. The summed E-state index contributed by atoms with van der Waals surface area (Å²) in [6.45, 7) is 1.28. The summed E-state index contributed by atoms with van der Waals surface area (Å²) in [5.41, 5.74) is 5.64. The first-order valence-electron chi connectivity index (χ1n) is 4.72. The number of aliphatic hydroxyl groups excluding tert-OH is 1. The first-order chi connectivity index (χ1) is 7.22. The average molecular weight is 211 g/mol. The van der Waals surface area contributed by atoms with Crippen molar-refractivity contribution in [2.75, 3.05) is 35.8 Å². The number of aliphatic hydroxyl groups is 1. The maximum absolute atomic E-state index is 11.4. The van der Waals surface area contributed by atoms with Crippen LogP contribution in [0.15, 0.2) is 4.79 Å². The molecule has 0 atom stereocenters. The van der Waals surface area contributed by atoms with Crippen LogP contribution in [0.5, 0.6) is 0 Å². The summed E-state index contributed by atoms with van der Waals surface area (Å²) in [6.07, 6.45) is 0.634. The molecule has 0 saturated carbocycles. The van der Waals surface area contributed by atoms with Gasteiger partial charge in [-0.2, -0.15) is 4.98 Å². The Kier molecular flexibility index (Phi) is 2.46. The largest absolute Gasteiger partial charge is 0.396 e. The fraction of sp³-hybridized carbons (Fsp3) is 0.500. The number of aromatic amines is 1. The zero-order chi connectivity index (χ0) is 10.8. The molecule has 7 nitrogen and oxygen atoms in total. The Hall–Kier alpha value is -1.76. The van der Waals surface area contributed by atoms with Crippen molar-refractivity contribution in [3.8, 4) is 0 Å². The van der Waals surface area contributed by atoms with Crippen molar-refractivity contribution >= 4 is 17.5 Å². The SMILES string of the molecule is Nc1nc2c(c(=O)[nH]1)NCN2CCCO. The molecule has 0 unspecified atom stereocenters. The summed E-state index contributed by atoms with van der Waals surface area (Å²) >= 11 is 0. The van der Waals surface area contributed by atoms with Crippen molar-refractivity contribution < 1.29 is 5.11 Å². The molecule has 7 heteroatoms. The molecular weight excluding hydrogens is 198 g/mol. The monoisotopic (exact) mass is 211 g/mol. The van der Waals surface area contributed by atoms with Gasteiger partial charge in [-0.05, 0) is 6.42 Å². The minimum atomic E-state index is -0.260. The summed E-state index contributed by atoms with van der Waals surface area (Å²) in [6, 6.07) is 0. The third kappa shape index (κ3) is 1.73. The first-order valence-corrected chi connectivity index (χ1v) is 4.72. The molecule has 1 aliphatic heterocycles. The quantitative estimate of drug-likeness (QED) is 0.507. The molecule has 1 aromatic rings. The summed E-state index contributed by atoms with van der Waals surface area (Å²) in [5, 5.41) is 11.7. The van der Waals surface area contributed by atoms with Crippen LogP contribution >= 0.6 is 0 Å². The van der Waals surface area contributed by atoms with Gasteiger partial charge in [0, 0.05) is 13.2 Å². The molecule has 2 heterocycles. The van der Waals surface area contributed by atoms with Crippen LogP contribution in [0, 0.1) is 0 Å².